The molecule has 3 heteroatoms. The zero-order valence-corrected chi connectivity index (χ0v) is 9.37. The van der Waals surface area contributed by atoms with Crippen molar-refractivity contribution in [2.75, 3.05) is 0 Å². The van der Waals surface area contributed by atoms with Crippen LogP contribution in [-0.4, -0.2) is 0 Å². The predicted octanol–water partition coefficient (Wildman–Crippen LogP) is 4.31. The highest BCUT2D eigenvalue weighted by atomic mass is 19.3. The van der Waals surface area contributed by atoms with Gasteiger partial charge in [-0.05, 0) is 32.4 Å². The van der Waals surface area contributed by atoms with E-state index < -0.39 is 11.6 Å². The lowest BCUT2D eigenvalue weighted by molar-refractivity contribution is 0.0171. The minimum absolute atomic E-state index is 0.136. The lowest BCUT2D eigenvalue weighted by Crippen LogP contribution is -2.13. The van der Waals surface area contributed by atoms with E-state index in [2.05, 4.69) is 0 Å². The fourth-order valence-corrected chi connectivity index (χ4v) is 1.38. The summed E-state index contributed by atoms with van der Waals surface area (Å²) in [4.78, 5) is 0. The average molecular weight is 216 g/mol. The Morgan fingerprint density at radius 3 is 1.73 bits per heavy atom. The quantitative estimate of drug-likeness (QED) is 0.691. The first kappa shape index (κ1) is 12.1. The lowest BCUT2D eigenvalue weighted by atomic mass is 9.94. The van der Waals surface area contributed by atoms with E-state index in [-0.39, 0.29) is 5.56 Å². The maximum atomic E-state index is 13.6. The second-order valence-electron chi connectivity index (χ2n) is 4.45. The summed E-state index contributed by atoms with van der Waals surface area (Å²) in [6, 6.07) is 4.21. The fraction of sp³-hybridized carbons (Fsp3) is 0.500. The summed E-state index contributed by atoms with van der Waals surface area (Å²) < 4.78 is 39.8. The van der Waals surface area contributed by atoms with Crippen LogP contribution in [0.4, 0.5) is 13.2 Å². The van der Waals surface area contributed by atoms with Crippen molar-refractivity contribution in [1.29, 1.82) is 0 Å². The monoisotopic (exact) mass is 216 g/mol. The van der Waals surface area contributed by atoms with Crippen molar-refractivity contribution < 1.29 is 13.2 Å². The van der Waals surface area contributed by atoms with Gasteiger partial charge in [0, 0.05) is 12.5 Å². The Bertz CT molecular complexity index is 324. The molecular weight excluding hydrogens is 201 g/mol. The summed E-state index contributed by atoms with van der Waals surface area (Å²) in [6.45, 7) is 5.22. The molecule has 0 nitrogen and oxygen atoms in total. The second kappa shape index (κ2) is 3.54. The van der Waals surface area contributed by atoms with E-state index >= 15 is 0 Å². The molecule has 0 radical (unpaired) electrons. The molecule has 0 N–H and O–H groups in total. The van der Waals surface area contributed by atoms with Gasteiger partial charge in [-0.3, -0.25) is 0 Å². The van der Waals surface area contributed by atoms with E-state index in [1.165, 1.54) is 26.0 Å². The van der Waals surface area contributed by atoms with Crippen LogP contribution in [0.15, 0.2) is 18.2 Å². The van der Waals surface area contributed by atoms with Crippen molar-refractivity contribution in [3.63, 3.8) is 0 Å². The molecule has 0 unspecified atom stereocenters. The van der Waals surface area contributed by atoms with E-state index in [0.29, 0.717) is 11.1 Å². The van der Waals surface area contributed by atoms with Gasteiger partial charge in [0.25, 0.3) is 5.92 Å². The third-order valence-electron chi connectivity index (χ3n) is 2.27. The van der Waals surface area contributed by atoms with Crippen LogP contribution in [0.25, 0.3) is 0 Å². The van der Waals surface area contributed by atoms with Crippen LogP contribution in [0, 0.1) is 6.92 Å². The van der Waals surface area contributed by atoms with Crippen LogP contribution in [0.5, 0.6) is 0 Å². The van der Waals surface area contributed by atoms with Crippen molar-refractivity contribution in [2.24, 2.45) is 0 Å². The maximum Gasteiger partial charge on any atom is 0.270 e. The smallest absolute Gasteiger partial charge is 0.239 e. The van der Waals surface area contributed by atoms with Crippen LogP contribution in [0.1, 0.15) is 37.5 Å². The third kappa shape index (κ3) is 2.98. The Kier molecular flexibility index (Phi) is 2.85. The van der Waals surface area contributed by atoms with E-state index in [1.54, 1.807) is 13.0 Å². The number of rotatable bonds is 2. The Balaban J connectivity index is 3.30. The highest BCUT2D eigenvalue weighted by Gasteiger charge is 2.27. The first-order chi connectivity index (χ1) is 6.60. The molecule has 0 saturated heterocycles. The molecule has 0 atom stereocenters. The molecule has 0 aliphatic heterocycles. The Hall–Kier alpha value is -0.990. The molecule has 15 heavy (non-hydrogen) atoms. The second-order valence-corrected chi connectivity index (χ2v) is 4.45. The van der Waals surface area contributed by atoms with E-state index in [0.717, 1.165) is 6.92 Å². The molecule has 0 bridgehead atoms. The molecule has 0 fully saturated rings. The lowest BCUT2D eigenvalue weighted by Gasteiger charge is -2.19. The summed E-state index contributed by atoms with van der Waals surface area (Å²) in [5.41, 5.74) is -0.788. The molecule has 0 aliphatic rings. The minimum Gasteiger partial charge on any atom is -0.239 e. The molecular formula is C12H15F3. The largest absolute Gasteiger partial charge is 0.270 e. The molecule has 0 aromatic heterocycles. The van der Waals surface area contributed by atoms with Crippen LogP contribution in [0.2, 0.25) is 0 Å². The standard InChI is InChI=1S/C12H15F3/c1-8-5-9(11(2,3)13)7-10(6-8)12(4,14)15/h5-7H,1-4H3. The number of hydrogen-bond acceptors (Lipinski definition) is 0. The van der Waals surface area contributed by atoms with Gasteiger partial charge in [-0.25, -0.2) is 13.2 Å². The maximum absolute atomic E-state index is 13.6. The summed E-state index contributed by atoms with van der Waals surface area (Å²) in [7, 11) is 0. The van der Waals surface area contributed by atoms with E-state index in [4.69, 9.17) is 0 Å². The summed E-state index contributed by atoms with van der Waals surface area (Å²) in [6.07, 6.45) is 0. The van der Waals surface area contributed by atoms with Gasteiger partial charge in [0.15, 0.2) is 0 Å². The molecule has 84 valence electrons. The van der Waals surface area contributed by atoms with Crippen LogP contribution in [-0.2, 0) is 11.6 Å². The van der Waals surface area contributed by atoms with Gasteiger partial charge >= 0.3 is 0 Å². The zero-order valence-electron chi connectivity index (χ0n) is 9.37. The van der Waals surface area contributed by atoms with Gasteiger partial charge in [-0.2, -0.15) is 0 Å². The summed E-state index contributed by atoms with van der Waals surface area (Å²) in [5, 5.41) is 0. The minimum atomic E-state index is -2.92. The normalized spacial score (nSPS) is 13.0. The Morgan fingerprint density at radius 2 is 1.33 bits per heavy atom. The number of hydrogen-bond donors (Lipinski definition) is 0. The zero-order chi connectivity index (χ0) is 11.9. The molecule has 0 heterocycles. The molecule has 0 aliphatic carbocycles. The highest BCUT2D eigenvalue weighted by molar-refractivity contribution is 5.34. The van der Waals surface area contributed by atoms with Crippen molar-refractivity contribution in [2.45, 2.75) is 39.3 Å². The summed E-state index contributed by atoms with van der Waals surface area (Å²) in [5.74, 6) is -2.92. The van der Waals surface area contributed by atoms with Gasteiger partial charge in [0.2, 0.25) is 0 Å². The van der Waals surface area contributed by atoms with E-state index in [9.17, 15) is 13.2 Å². The molecule has 1 aromatic carbocycles. The average Bonchev–Trinajstić information content (AvgIpc) is 1.99. The van der Waals surface area contributed by atoms with Crippen molar-refractivity contribution in [3.05, 3.63) is 34.9 Å². The molecule has 1 aromatic rings. The van der Waals surface area contributed by atoms with Crippen LogP contribution < -0.4 is 0 Å². The Morgan fingerprint density at radius 1 is 0.867 bits per heavy atom. The number of alkyl halides is 3. The third-order valence-corrected chi connectivity index (χ3v) is 2.27. The molecule has 0 saturated carbocycles. The van der Waals surface area contributed by atoms with Crippen molar-refractivity contribution >= 4 is 0 Å². The summed E-state index contributed by atoms with van der Waals surface area (Å²) >= 11 is 0. The highest BCUT2D eigenvalue weighted by Crippen LogP contribution is 2.32. The topological polar surface area (TPSA) is 0 Å². The molecule has 0 spiro atoms. The first-order valence-corrected chi connectivity index (χ1v) is 4.80. The van der Waals surface area contributed by atoms with Gasteiger partial charge in [-0.15, -0.1) is 0 Å². The van der Waals surface area contributed by atoms with Gasteiger partial charge in [0.1, 0.15) is 5.67 Å². The Labute approximate surface area is 88.1 Å². The molecule has 0 amide bonds. The first-order valence-electron chi connectivity index (χ1n) is 4.80. The van der Waals surface area contributed by atoms with Crippen molar-refractivity contribution in [1.82, 2.24) is 0 Å². The fourth-order valence-electron chi connectivity index (χ4n) is 1.38. The molecule has 1 rings (SSSR count). The van der Waals surface area contributed by atoms with Gasteiger partial charge in [-0.1, -0.05) is 17.7 Å². The van der Waals surface area contributed by atoms with Crippen LogP contribution >= 0.6 is 0 Å². The predicted molar refractivity (Wildman–Crippen MR) is 54.9 cm³/mol. The number of halogens is 3. The number of aryl methyl sites for hydroxylation is 1. The van der Waals surface area contributed by atoms with Gasteiger partial charge in [0.05, 0.1) is 0 Å². The van der Waals surface area contributed by atoms with Crippen molar-refractivity contribution in [3.8, 4) is 0 Å². The number of benzene rings is 1. The van der Waals surface area contributed by atoms with Crippen LogP contribution in [0.3, 0.4) is 0 Å². The van der Waals surface area contributed by atoms with E-state index in [1.807, 2.05) is 0 Å². The van der Waals surface area contributed by atoms with Gasteiger partial charge < -0.3 is 0 Å². The SMILES string of the molecule is Cc1cc(C(C)(C)F)cc(C(C)(F)F)c1.